The Morgan fingerprint density at radius 1 is 1.05 bits per heavy atom. The van der Waals surface area contributed by atoms with E-state index in [0.29, 0.717) is 12.3 Å². The van der Waals surface area contributed by atoms with E-state index < -0.39 is 0 Å². The predicted molar refractivity (Wildman–Crippen MR) is 80.0 cm³/mol. The number of hydrogen-bond donors (Lipinski definition) is 1. The number of nitrogens with one attached hydrogen (secondary N) is 1. The van der Waals surface area contributed by atoms with Crippen LogP contribution in [-0.4, -0.2) is 5.91 Å². The summed E-state index contributed by atoms with van der Waals surface area (Å²) in [7, 11) is 0. The molecule has 2 rings (SSSR count). The first-order valence-corrected chi connectivity index (χ1v) is 6.84. The number of carbonyl (C=O) groups excluding carboxylic acids is 1. The van der Waals surface area contributed by atoms with Crippen molar-refractivity contribution in [3.8, 4) is 0 Å². The van der Waals surface area contributed by atoms with Gasteiger partial charge in [-0.15, -0.1) is 0 Å². The van der Waals surface area contributed by atoms with Crippen molar-refractivity contribution in [1.29, 1.82) is 0 Å². The molecule has 0 aliphatic heterocycles. The van der Waals surface area contributed by atoms with Crippen LogP contribution in [0.3, 0.4) is 0 Å². The SMILES string of the molecule is CC(C)CC(=O)NC(C)c1ccc2ccccc2c1. The highest BCUT2D eigenvalue weighted by atomic mass is 16.1. The Bertz CT molecular complexity index is 574. The Hall–Kier alpha value is -1.83. The summed E-state index contributed by atoms with van der Waals surface area (Å²) < 4.78 is 0. The minimum Gasteiger partial charge on any atom is -0.350 e. The molecule has 1 atom stereocenters. The van der Waals surface area contributed by atoms with E-state index in [1.54, 1.807) is 0 Å². The van der Waals surface area contributed by atoms with E-state index >= 15 is 0 Å². The first-order valence-electron chi connectivity index (χ1n) is 6.84. The Morgan fingerprint density at radius 3 is 2.42 bits per heavy atom. The zero-order valence-corrected chi connectivity index (χ0v) is 11.8. The van der Waals surface area contributed by atoms with Gasteiger partial charge in [-0.25, -0.2) is 0 Å². The third kappa shape index (κ3) is 3.57. The summed E-state index contributed by atoms with van der Waals surface area (Å²) in [6.07, 6.45) is 0.581. The van der Waals surface area contributed by atoms with Crippen LogP contribution in [0.1, 0.15) is 38.8 Å². The van der Waals surface area contributed by atoms with E-state index in [1.807, 2.05) is 19.1 Å². The lowest BCUT2D eigenvalue weighted by atomic mass is 10.0. The molecule has 0 heterocycles. The molecule has 0 spiro atoms. The molecule has 1 amide bonds. The lowest BCUT2D eigenvalue weighted by Crippen LogP contribution is -2.27. The third-order valence-corrected chi connectivity index (χ3v) is 3.24. The smallest absolute Gasteiger partial charge is 0.220 e. The minimum atomic E-state index is 0.0517. The Morgan fingerprint density at radius 2 is 1.74 bits per heavy atom. The zero-order chi connectivity index (χ0) is 13.8. The maximum atomic E-state index is 11.8. The van der Waals surface area contributed by atoms with Gasteiger partial charge in [-0.2, -0.15) is 0 Å². The van der Waals surface area contributed by atoms with E-state index in [9.17, 15) is 4.79 Å². The van der Waals surface area contributed by atoms with Gasteiger partial charge < -0.3 is 5.32 Å². The molecule has 2 aromatic carbocycles. The second kappa shape index (κ2) is 5.87. The van der Waals surface area contributed by atoms with Gasteiger partial charge in [0.2, 0.25) is 5.91 Å². The van der Waals surface area contributed by atoms with Crippen LogP contribution in [0.2, 0.25) is 0 Å². The average Bonchev–Trinajstić information content (AvgIpc) is 2.37. The van der Waals surface area contributed by atoms with Crippen molar-refractivity contribution in [3.05, 3.63) is 48.0 Å². The third-order valence-electron chi connectivity index (χ3n) is 3.24. The molecular formula is C17H21NO. The zero-order valence-electron chi connectivity index (χ0n) is 11.8. The molecule has 1 unspecified atom stereocenters. The monoisotopic (exact) mass is 255 g/mol. The van der Waals surface area contributed by atoms with Gasteiger partial charge in [0, 0.05) is 6.42 Å². The second-order valence-corrected chi connectivity index (χ2v) is 5.49. The molecule has 0 saturated carbocycles. The van der Waals surface area contributed by atoms with Gasteiger partial charge in [0.05, 0.1) is 6.04 Å². The maximum absolute atomic E-state index is 11.8. The lowest BCUT2D eigenvalue weighted by molar-refractivity contribution is -0.122. The molecule has 0 aromatic heterocycles. The summed E-state index contributed by atoms with van der Waals surface area (Å²) in [6.45, 7) is 6.14. The van der Waals surface area contributed by atoms with Gasteiger partial charge in [-0.3, -0.25) is 4.79 Å². The summed E-state index contributed by atoms with van der Waals surface area (Å²) in [6, 6.07) is 14.7. The fourth-order valence-electron chi connectivity index (χ4n) is 2.23. The molecule has 19 heavy (non-hydrogen) atoms. The molecule has 0 aliphatic rings. The van der Waals surface area contributed by atoms with Crippen LogP contribution in [0.25, 0.3) is 10.8 Å². The fourth-order valence-corrected chi connectivity index (χ4v) is 2.23. The summed E-state index contributed by atoms with van der Waals surface area (Å²) in [5.74, 6) is 0.513. The van der Waals surface area contributed by atoms with Crippen molar-refractivity contribution in [2.24, 2.45) is 5.92 Å². The maximum Gasteiger partial charge on any atom is 0.220 e. The molecule has 2 aromatic rings. The van der Waals surface area contributed by atoms with E-state index in [1.165, 1.54) is 10.8 Å². The van der Waals surface area contributed by atoms with Crippen LogP contribution < -0.4 is 5.32 Å². The first-order chi connectivity index (χ1) is 9.06. The quantitative estimate of drug-likeness (QED) is 0.877. The summed E-state index contributed by atoms with van der Waals surface area (Å²) >= 11 is 0. The molecule has 0 saturated heterocycles. The Kier molecular flexibility index (Phi) is 4.20. The largest absolute Gasteiger partial charge is 0.350 e. The van der Waals surface area contributed by atoms with Crippen molar-refractivity contribution in [3.63, 3.8) is 0 Å². The highest BCUT2D eigenvalue weighted by molar-refractivity contribution is 5.83. The molecule has 0 bridgehead atoms. The standard InChI is InChI=1S/C17H21NO/c1-12(2)10-17(19)18-13(3)15-9-8-14-6-4-5-7-16(14)11-15/h4-9,11-13H,10H2,1-3H3,(H,18,19). The van der Waals surface area contributed by atoms with Gasteiger partial charge >= 0.3 is 0 Å². The van der Waals surface area contributed by atoms with E-state index in [4.69, 9.17) is 0 Å². The Balaban J connectivity index is 2.12. The van der Waals surface area contributed by atoms with Crippen LogP contribution in [-0.2, 0) is 4.79 Å². The van der Waals surface area contributed by atoms with E-state index in [-0.39, 0.29) is 11.9 Å². The fraction of sp³-hybridized carbons (Fsp3) is 0.353. The normalized spacial score (nSPS) is 12.6. The molecule has 1 N–H and O–H groups in total. The number of carbonyl (C=O) groups is 1. The van der Waals surface area contributed by atoms with Gasteiger partial charge in [0.15, 0.2) is 0 Å². The summed E-state index contributed by atoms with van der Waals surface area (Å²) in [4.78, 5) is 11.8. The molecule has 2 heteroatoms. The lowest BCUT2D eigenvalue weighted by Gasteiger charge is -2.16. The number of fused-ring (bicyclic) bond motifs is 1. The predicted octanol–water partition coefficient (Wildman–Crippen LogP) is 4.06. The average molecular weight is 255 g/mol. The molecule has 0 radical (unpaired) electrons. The van der Waals surface area contributed by atoms with Crippen molar-refractivity contribution in [2.75, 3.05) is 0 Å². The molecule has 100 valence electrons. The molecular weight excluding hydrogens is 234 g/mol. The minimum absolute atomic E-state index is 0.0517. The van der Waals surface area contributed by atoms with Crippen LogP contribution in [0.15, 0.2) is 42.5 Å². The number of hydrogen-bond acceptors (Lipinski definition) is 1. The second-order valence-electron chi connectivity index (χ2n) is 5.49. The van der Waals surface area contributed by atoms with Crippen molar-refractivity contribution in [1.82, 2.24) is 5.32 Å². The van der Waals surface area contributed by atoms with Crippen LogP contribution in [0, 0.1) is 5.92 Å². The molecule has 0 aliphatic carbocycles. The molecule has 0 fully saturated rings. The van der Waals surface area contributed by atoms with Gasteiger partial charge in [0.1, 0.15) is 0 Å². The number of amides is 1. The number of benzene rings is 2. The van der Waals surface area contributed by atoms with E-state index in [2.05, 4.69) is 49.5 Å². The van der Waals surface area contributed by atoms with Crippen LogP contribution in [0.5, 0.6) is 0 Å². The van der Waals surface area contributed by atoms with Gasteiger partial charge in [0.25, 0.3) is 0 Å². The van der Waals surface area contributed by atoms with E-state index in [0.717, 1.165) is 5.56 Å². The van der Waals surface area contributed by atoms with Crippen molar-refractivity contribution in [2.45, 2.75) is 33.2 Å². The van der Waals surface area contributed by atoms with Gasteiger partial charge in [-0.1, -0.05) is 50.2 Å². The van der Waals surface area contributed by atoms with Crippen LogP contribution in [0.4, 0.5) is 0 Å². The van der Waals surface area contributed by atoms with Crippen molar-refractivity contribution >= 4 is 16.7 Å². The van der Waals surface area contributed by atoms with Gasteiger partial charge in [-0.05, 0) is 35.2 Å². The highest BCUT2D eigenvalue weighted by Gasteiger charge is 2.11. The summed E-state index contributed by atoms with van der Waals surface area (Å²) in [5.41, 5.74) is 1.15. The Labute approximate surface area is 114 Å². The molecule has 2 nitrogen and oxygen atoms in total. The van der Waals surface area contributed by atoms with Crippen LogP contribution >= 0.6 is 0 Å². The topological polar surface area (TPSA) is 29.1 Å². The summed E-state index contributed by atoms with van der Waals surface area (Å²) in [5, 5.41) is 5.49. The van der Waals surface area contributed by atoms with Crippen molar-refractivity contribution < 1.29 is 4.79 Å². The number of rotatable bonds is 4. The highest BCUT2D eigenvalue weighted by Crippen LogP contribution is 2.20. The first kappa shape index (κ1) is 13.6.